The van der Waals surface area contributed by atoms with Crippen molar-refractivity contribution < 1.29 is 0 Å². The Morgan fingerprint density at radius 3 is 3.08 bits per heavy atom. The lowest BCUT2D eigenvalue weighted by atomic mass is 9.84. The molecule has 1 N–H and O–H groups in total. The van der Waals surface area contributed by atoms with Crippen LogP contribution in [-0.4, -0.2) is 22.9 Å². The second kappa shape index (κ2) is 3.50. The highest BCUT2D eigenvalue weighted by Crippen LogP contribution is 2.29. The fourth-order valence-corrected chi connectivity index (χ4v) is 2.14. The van der Waals surface area contributed by atoms with Crippen LogP contribution >= 0.6 is 0 Å². The molecular weight excluding hydrogens is 162 g/mol. The first-order valence-electron chi connectivity index (χ1n) is 4.96. The Labute approximate surface area is 79.1 Å². The molecule has 1 aliphatic rings. The summed E-state index contributed by atoms with van der Waals surface area (Å²) >= 11 is 0. The molecule has 2 heterocycles. The zero-order valence-corrected chi connectivity index (χ0v) is 8.33. The molecule has 2 rings (SSSR count). The Bertz CT molecular complexity index is 279. The van der Waals surface area contributed by atoms with Crippen molar-refractivity contribution in [1.29, 1.82) is 0 Å². The van der Waals surface area contributed by atoms with Gasteiger partial charge in [0.2, 0.25) is 0 Å². The van der Waals surface area contributed by atoms with Crippen molar-refractivity contribution in [3.63, 3.8) is 0 Å². The van der Waals surface area contributed by atoms with Crippen LogP contribution in [0.3, 0.4) is 0 Å². The Balaban J connectivity index is 2.14. The van der Waals surface area contributed by atoms with E-state index < -0.39 is 0 Å². The number of nitrogens with zero attached hydrogens (tertiary/aromatic N) is 2. The quantitative estimate of drug-likeness (QED) is 0.700. The summed E-state index contributed by atoms with van der Waals surface area (Å²) < 4.78 is 1.89. The highest BCUT2D eigenvalue weighted by Gasteiger charge is 2.23. The predicted octanol–water partition coefficient (Wildman–Crippen LogP) is 1.13. The summed E-state index contributed by atoms with van der Waals surface area (Å²) in [5.74, 6) is 1.44. The average Bonchev–Trinajstić information content (AvgIpc) is 2.53. The number of aromatic nitrogens is 2. The summed E-state index contributed by atoms with van der Waals surface area (Å²) in [7, 11) is 1.98. The highest BCUT2D eigenvalue weighted by molar-refractivity contribution is 5.13. The first-order valence-corrected chi connectivity index (χ1v) is 4.96. The minimum Gasteiger partial charge on any atom is -0.316 e. The maximum absolute atomic E-state index is 4.22. The van der Waals surface area contributed by atoms with E-state index in [1.165, 1.54) is 12.0 Å². The molecule has 72 valence electrons. The number of hydrogen-bond donors (Lipinski definition) is 1. The number of rotatable bonds is 1. The standard InChI is InChI=1S/C10H17N3/c1-8-5-11-4-3-10(8)9-6-12-13(2)7-9/h6-8,10-11H,3-5H2,1-2H3. The lowest BCUT2D eigenvalue weighted by molar-refractivity contribution is 0.349. The van der Waals surface area contributed by atoms with Crippen molar-refractivity contribution >= 4 is 0 Å². The van der Waals surface area contributed by atoms with E-state index in [0.717, 1.165) is 19.0 Å². The summed E-state index contributed by atoms with van der Waals surface area (Å²) in [5, 5.41) is 7.64. The van der Waals surface area contributed by atoms with E-state index in [-0.39, 0.29) is 0 Å². The van der Waals surface area contributed by atoms with Crippen molar-refractivity contribution in [1.82, 2.24) is 15.1 Å². The molecule has 1 aromatic heterocycles. The van der Waals surface area contributed by atoms with Crippen LogP contribution in [0.5, 0.6) is 0 Å². The van der Waals surface area contributed by atoms with Crippen LogP contribution in [-0.2, 0) is 7.05 Å². The fraction of sp³-hybridized carbons (Fsp3) is 0.700. The molecule has 0 amide bonds. The molecule has 2 atom stereocenters. The number of aryl methyl sites for hydroxylation is 1. The minimum absolute atomic E-state index is 0.704. The fourth-order valence-electron chi connectivity index (χ4n) is 2.14. The minimum atomic E-state index is 0.704. The van der Waals surface area contributed by atoms with E-state index in [0.29, 0.717) is 5.92 Å². The molecule has 3 nitrogen and oxygen atoms in total. The van der Waals surface area contributed by atoms with E-state index in [9.17, 15) is 0 Å². The van der Waals surface area contributed by atoms with Gasteiger partial charge >= 0.3 is 0 Å². The SMILES string of the molecule is CC1CNCCC1c1cnn(C)c1. The number of nitrogens with one attached hydrogen (secondary N) is 1. The van der Waals surface area contributed by atoms with Gasteiger partial charge in [-0.15, -0.1) is 0 Å². The van der Waals surface area contributed by atoms with Gasteiger partial charge in [-0.3, -0.25) is 4.68 Å². The molecule has 0 spiro atoms. The third kappa shape index (κ3) is 1.75. The van der Waals surface area contributed by atoms with Gasteiger partial charge in [0.1, 0.15) is 0 Å². The van der Waals surface area contributed by atoms with Crippen molar-refractivity contribution in [2.75, 3.05) is 13.1 Å². The predicted molar refractivity (Wildman–Crippen MR) is 52.6 cm³/mol. The molecule has 0 aliphatic carbocycles. The van der Waals surface area contributed by atoms with Gasteiger partial charge in [0.05, 0.1) is 6.20 Å². The van der Waals surface area contributed by atoms with Crippen molar-refractivity contribution in [2.24, 2.45) is 13.0 Å². The average molecular weight is 179 g/mol. The van der Waals surface area contributed by atoms with Gasteiger partial charge in [-0.25, -0.2) is 0 Å². The van der Waals surface area contributed by atoms with E-state index in [1.807, 2.05) is 17.9 Å². The van der Waals surface area contributed by atoms with Gasteiger partial charge in [0.15, 0.2) is 0 Å². The zero-order valence-electron chi connectivity index (χ0n) is 8.33. The second-order valence-electron chi connectivity index (χ2n) is 4.02. The molecular formula is C10H17N3. The summed E-state index contributed by atoms with van der Waals surface area (Å²) in [6.07, 6.45) is 5.39. The normalized spacial score (nSPS) is 29.1. The smallest absolute Gasteiger partial charge is 0.0524 e. The molecule has 1 saturated heterocycles. The molecule has 2 unspecified atom stereocenters. The van der Waals surface area contributed by atoms with E-state index in [1.54, 1.807) is 0 Å². The summed E-state index contributed by atoms with van der Waals surface area (Å²) in [6, 6.07) is 0. The topological polar surface area (TPSA) is 29.9 Å². The van der Waals surface area contributed by atoms with Gasteiger partial charge in [-0.2, -0.15) is 5.10 Å². The summed E-state index contributed by atoms with van der Waals surface area (Å²) in [5.41, 5.74) is 1.40. The lowest BCUT2D eigenvalue weighted by Crippen LogP contribution is -2.33. The van der Waals surface area contributed by atoms with Gasteiger partial charge in [-0.1, -0.05) is 6.92 Å². The Morgan fingerprint density at radius 1 is 1.62 bits per heavy atom. The molecule has 0 aromatic carbocycles. The molecule has 0 saturated carbocycles. The molecule has 1 fully saturated rings. The van der Waals surface area contributed by atoms with Crippen molar-refractivity contribution in [3.05, 3.63) is 18.0 Å². The van der Waals surface area contributed by atoms with Crippen LogP contribution in [0.15, 0.2) is 12.4 Å². The van der Waals surface area contributed by atoms with Crippen LogP contribution in [0.25, 0.3) is 0 Å². The van der Waals surface area contributed by atoms with Crippen LogP contribution in [0.2, 0.25) is 0 Å². The maximum atomic E-state index is 4.22. The molecule has 13 heavy (non-hydrogen) atoms. The third-order valence-corrected chi connectivity index (χ3v) is 2.94. The highest BCUT2D eigenvalue weighted by atomic mass is 15.2. The Kier molecular flexibility index (Phi) is 2.36. The zero-order chi connectivity index (χ0) is 9.26. The van der Waals surface area contributed by atoms with Crippen LogP contribution in [0.4, 0.5) is 0 Å². The molecule has 1 aromatic rings. The number of piperidine rings is 1. The number of hydrogen-bond acceptors (Lipinski definition) is 2. The lowest BCUT2D eigenvalue weighted by Gasteiger charge is -2.28. The largest absolute Gasteiger partial charge is 0.316 e. The Morgan fingerprint density at radius 2 is 2.46 bits per heavy atom. The molecule has 1 aliphatic heterocycles. The Hall–Kier alpha value is -0.830. The monoisotopic (exact) mass is 179 g/mol. The first-order chi connectivity index (χ1) is 6.27. The van der Waals surface area contributed by atoms with E-state index in [4.69, 9.17) is 0 Å². The maximum Gasteiger partial charge on any atom is 0.0524 e. The van der Waals surface area contributed by atoms with Crippen LogP contribution in [0, 0.1) is 5.92 Å². The van der Waals surface area contributed by atoms with E-state index >= 15 is 0 Å². The van der Waals surface area contributed by atoms with Crippen LogP contribution in [0.1, 0.15) is 24.8 Å². The van der Waals surface area contributed by atoms with Crippen LogP contribution < -0.4 is 5.32 Å². The van der Waals surface area contributed by atoms with Crippen molar-refractivity contribution in [2.45, 2.75) is 19.3 Å². The van der Waals surface area contributed by atoms with Crippen molar-refractivity contribution in [3.8, 4) is 0 Å². The molecule has 3 heteroatoms. The second-order valence-corrected chi connectivity index (χ2v) is 4.02. The van der Waals surface area contributed by atoms with E-state index in [2.05, 4.69) is 23.5 Å². The summed E-state index contributed by atoms with van der Waals surface area (Å²) in [6.45, 7) is 4.59. The van der Waals surface area contributed by atoms with Gasteiger partial charge in [0, 0.05) is 13.2 Å². The third-order valence-electron chi connectivity index (χ3n) is 2.94. The first kappa shape index (κ1) is 8.75. The molecule has 0 bridgehead atoms. The molecule has 0 radical (unpaired) electrons. The summed E-state index contributed by atoms with van der Waals surface area (Å²) in [4.78, 5) is 0. The van der Waals surface area contributed by atoms with Gasteiger partial charge in [-0.05, 0) is 36.9 Å². The van der Waals surface area contributed by atoms with Gasteiger partial charge in [0.25, 0.3) is 0 Å². The van der Waals surface area contributed by atoms with Gasteiger partial charge < -0.3 is 5.32 Å².